The Kier molecular flexibility index (Phi) is 1.51. The third kappa shape index (κ3) is 0.879. The van der Waals surface area contributed by atoms with E-state index in [0.29, 0.717) is 6.04 Å². The normalized spacial score (nSPS) is 34.4. The van der Waals surface area contributed by atoms with Gasteiger partial charge < -0.3 is 0 Å². The Labute approximate surface area is 61.9 Å². The fourth-order valence-corrected chi connectivity index (χ4v) is 1.87. The molecule has 2 heterocycles. The molecule has 1 atom stereocenters. The number of rotatable bonds is 0. The van der Waals surface area contributed by atoms with Crippen LogP contribution >= 0.6 is 0 Å². The minimum atomic E-state index is 0.661. The summed E-state index contributed by atoms with van der Waals surface area (Å²) in [4.78, 5) is 0. The fraction of sp³-hybridized carbons (Fsp3) is 0.750. The van der Waals surface area contributed by atoms with Gasteiger partial charge in [0.2, 0.25) is 0 Å². The standard InChI is InChI=1S/C8H14N2/c1-7-6-9-10-5-3-2-4-8(7)10/h8-9H,1-6H2. The van der Waals surface area contributed by atoms with Gasteiger partial charge in [0.15, 0.2) is 0 Å². The molecule has 0 radical (unpaired) electrons. The van der Waals surface area contributed by atoms with Crippen LogP contribution in [0.15, 0.2) is 12.2 Å². The van der Waals surface area contributed by atoms with Crippen molar-refractivity contribution < 1.29 is 0 Å². The zero-order valence-corrected chi connectivity index (χ0v) is 6.27. The average molecular weight is 138 g/mol. The van der Waals surface area contributed by atoms with Crippen LogP contribution in [0.1, 0.15) is 19.3 Å². The molecule has 2 aliphatic heterocycles. The highest BCUT2D eigenvalue weighted by atomic mass is 15.5. The molecule has 0 aliphatic carbocycles. The van der Waals surface area contributed by atoms with Gasteiger partial charge >= 0.3 is 0 Å². The molecular weight excluding hydrogens is 124 g/mol. The number of piperidine rings is 1. The first kappa shape index (κ1) is 6.38. The van der Waals surface area contributed by atoms with E-state index in [1.807, 2.05) is 0 Å². The fourth-order valence-electron chi connectivity index (χ4n) is 1.87. The third-order valence-corrected chi connectivity index (χ3v) is 2.48. The molecule has 2 saturated heterocycles. The summed E-state index contributed by atoms with van der Waals surface area (Å²) in [5.74, 6) is 0. The molecule has 0 bridgehead atoms. The molecule has 56 valence electrons. The maximum atomic E-state index is 4.03. The van der Waals surface area contributed by atoms with Crippen molar-refractivity contribution in [2.75, 3.05) is 13.1 Å². The number of hydrogen-bond acceptors (Lipinski definition) is 2. The Morgan fingerprint density at radius 3 is 3.20 bits per heavy atom. The van der Waals surface area contributed by atoms with Crippen LogP contribution in [0.3, 0.4) is 0 Å². The Balaban J connectivity index is 2.08. The molecule has 0 aromatic rings. The van der Waals surface area contributed by atoms with Crippen molar-refractivity contribution in [3.05, 3.63) is 12.2 Å². The number of hydrazine groups is 1. The van der Waals surface area contributed by atoms with E-state index in [1.165, 1.54) is 31.4 Å². The Bertz CT molecular complexity index is 153. The van der Waals surface area contributed by atoms with Crippen molar-refractivity contribution in [2.24, 2.45) is 0 Å². The second-order valence-electron chi connectivity index (χ2n) is 3.20. The summed E-state index contributed by atoms with van der Waals surface area (Å²) in [6.07, 6.45) is 4.03. The second-order valence-corrected chi connectivity index (χ2v) is 3.20. The highest BCUT2D eigenvalue weighted by molar-refractivity contribution is 5.12. The van der Waals surface area contributed by atoms with Crippen LogP contribution in [-0.4, -0.2) is 24.1 Å². The molecule has 2 aliphatic rings. The van der Waals surface area contributed by atoms with Gasteiger partial charge in [0.1, 0.15) is 0 Å². The quantitative estimate of drug-likeness (QED) is 0.501. The Morgan fingerprint density at radius 1 is 1.50 bits per heavy atom. The van der Waals surface area contributed by atoms with Gasteiger partial charge in [-0.15, -0.1) is 0 Å². The van der Waals surface area contributed by atoms with Crippen LogP contribution in [0.2, 0.25) is 0 Å². The van der Waals surface area contributed by atoms with Crippen molar-refractivity contribution in [3.63, 3.8) is 0 Å². The summed E-state index contributed by atoms with van der Waals surface area (Å²) in [6.45, 7) is 6.25. The van der Waals surface area contributed by atoms with Crippen molar-refractivity contribution in [1.82, 2.24) is 10.4 Å². The maximum Gasteiger partial charge on any atom is 0.0463 e. The van der Waals surface area contributed by atoms with Gasteiger partial charge in [0.05, 0.1) is 0 Å². The van der Waals surface area contributed by atoms with Crippen molar-refractivity contribution in [3.8, 4) is 0 Å². The van der Waals surface area contributed by atoms with Crippen molar-refractivity contribution in [2.45, 2.75) is 25.3 Å². The molecule has 1 unspecified atom stereocenters. The van der Waals surface area contributed by atoms with Gasteiger partial charge in [-0.3, -0.25) is 5.43 Å². The van der Waals surface area contributed by atoms with E-state index in [-0.39, 0.29) is 0 Å². The lowest BCUT2D eigenvalue weighted by Gasteiger charge is -2.28. The maximum absolute atomic E-state index is 4.03. The van der Waals surface area contributed by atoms with Crippen LogP contribution in [0.5, 0.6) is 0 Å². The summed E-state index contributed by atoms with van der Waals surface area (Å²) in [7, 11) is 0. The third-order valence-electron chi connectivity index (χ3n) is 2.48. The van der Waals surface area contributed by atoms with E-state index in [9.17, 15) is 0 Å². The lowest BCUT2D eigenvalue weighted by molar-refractivity contribution is 0.153. The molecule has 0 saturated carbocycles. The van der Waals surface area contributed by atoms with Crippen LogP contribution in [0, 0.1) is 0 Å². The molecule has 1 N–H and O–H groups in total. The molecule has 0 spiro atoms. The van der Waals surface area contributed by atoms with Gasteiger partial charge in [0.25, 0.3) is 0 Å². The molecular formula is C8H14N2. The number of fused-ring (bicyclic) bond motifs is 1. The molecule has 2 nitrogen and oxygen atoms in total. The monoisotopic (exact) mass is 138 g/mol. The summed E-state index contributed by atoms with van der Waals surface area (Å²) < 4.78 is 0. The molecule has 10 heavy (non-hydrogen) atoms. The lowest BCUT2D eigenvalue weighted by atomic mass is 10.00. The van der Waals surface area contributed by atoms with Crippen LogP contribution in [-0.2, 0) is 0 Å². The highest BCUT2D eigenvalue weighted by Crippen LogP contribution is 2.23. The van der Waals surface area contributed by atoms with Gasteiger partial charge in [-0.1, -0.05) is 13.0 Å². The first-order valence-corrected chi connectivity index (χ1v) is 4.06. The summed E-state index contributed by atoms with van der Waals surface area (Å²) >= 11 is 0. The largest absolute Gasteiger partial charge is 0.250 e. The molecule has 0 aromatic heterocycles. The summed E-state index contributed by atoms with van der Waals surface area (Å²) in [5.41, 5.74) is 4.72. The van der Waals surface area contributed by atoms with Gasteiger partial charge in [-0.2, -0.15) is 0 Å². The first-order chi connectivity index (χ1) is 4.88. The zero-order valence-electron chi connectivity index (χ0n) is 6.27. The minimum Gasteiger partial charge on any atom is -0.250 e. The zero-order chi connectivity index (χ0) is 6.97. The lowest BCUT2D eigenvalue weighted by Crippen LogP contribution is -2.40. The molecule has 2 rings (SSSR count). The minimum absolute atomic E-state index is 0.661. The van der Waals surface area contributed by atoms with Gasteiger partial charge in [-0.25, -0.2) is 5.01 Å². The Hall–Kier alpha value is -0.340. The van der Waals surface area contributed by atoms with Crippen LogP contribution < -0.4 is 5.43 Å². The van der Waals surface area contributed by atoms with E-state index in [1.54, 1.807) is 0 Å². The second kappa shape index (κ2) is 2.36. The molecule has 0 amide bonds. The van der Waals surface area contributed by atoms with Crippen molar-refractivity contribution >= 4 is 0 Å². The topological polar surface area (TPSA) is 15.3 Å². The number of nitrogens with one attached hydrogen (secondary N) is 1. The Morgan fingerprint density at radius 2 is 2.40 bits per heavy atom. The van der Waals surface area contributed by atoms with E-state index in [0.717, 1.165) is 6.54 Å². The van der Waals surface area contributed by atoms with Gasteiger partial charge in [-0.05, 0) is 18.4 Å². The summed E-state index contributed by atoms with van der Waals surface area (Å²) in [6, 6.07) is 0.661. The van der Waals surface area contributed by atoms with E-state index >= 15 is 0 Å². The number of hydrogen-bond donors (Lipinski definition) is 1. The number of nitrogens with zero attached hydrogens (tertiary/aromatic N) is 1. The van der Waals surface area contributed by atoms with E-state index in [4.69, 9.17) is 0 Å². The highest BCUT2D eigenvalue weighted by Gasteiger charge is 2.29. The van der Waals surface area contributed by atoms with Crippen molar-refractivity contribution in [1.29, 1.82) is 0 Å². The SMILES string of the molecule is C=C1CNN2CCCCC12. The van der Waals surface area contributed by atoms with E-state index in [2.05, 4.69) is 17.0 Å². The van der Waals surface area contributed by atoms with Crippen LogP contribution in [0.4, 0.5) is 0 Å². The summed E-state index contributed by atoms with van der Waals surface area (Å²) in [5, 5.41) is 2.34. The molecule has 2 heteroatoms. The average Bonchev–Trinajstić information content (AvgIpc) is 2.34. The smallest absolute Gasteiger partial charge is 0.0463 e. The van der Waals surface area contributed by atoms with E-state index < -0.39 is 0 Å². The predicted molar refractivity (Wildman–Crippen MR) is 41.5 cm³/mol. The van der Waals surface area contributed by atoms with Gasteiger partial charge in [0, 0.05) is 19.1 Å². The molecule has 2 fully saturated rings. The predicted octanol–water partition coefficient (Wildman–Crippen LogP) is 0.915. The van der Waals surface area contributed by atoms with Crippen LogP contribution in [0.25, 0.3) is 0 Å². The first-order valence-electron chi connectivity index (χ1n) is 4.06. The molecule has 0 aromatic carbocycles.